The Morgan fingerprint density at radius 1 is 1.21 bits per heavy atom. The monoisotopic (exact) mass is 415 g/mol. The fourth-order valence-electron chi connectivity index (χ4n) is 3.50. The van der Waals surface area contributed by atoms with Crippen LogP contribution in [0.5, 0.6) is 0 Å². The van der Waals surface area contributed by atoms with Gasteiger partial charge >= 0.3 is 0 Å². The predicted octanol–water partition coefficient (Wildman–Crippen LogP) is 5.37. The Bertz CT molecular complexity index is 1020. The number of carbonyl (C=O) groups is 1. The molecule has 28 heavy (non-hydrogen) atoms. The zero-order valence-corrected chi connectivity index (χ0v) is 16.9. The maximum Gasteiger partial charge on any atom is 0.255 e. The number of aromatic nitrogens is 2. The molecule has 0 N–H and O–H groups in total. The second-order valence-corrected chi connectivity index (χ2v) is 7.88. The van der Waals surface area contributed by atoms with Gasteiger partial charge in [-0.3, -0.25) is 4.79 Å². The van der Waals surface area contributed by atoms with Gasteiger partial charge in [0.2, 0.25) is 11.7 Å². The molecule has 5 nitrogen and oxygen atoms in total. The van der Waals surface area contributed by atoms with Crippen molar-refractivity contribution in [1.29, 1.82) is 0 Å². The number of piperidine rings is 1. The molecule has 1 amide bonds. The minimum absolute atomic E-state index is 0.00911. The molecule has 1 aliphatic rings. The van der Waals surface area contributed by atoms with E-state index in [1.807, 2.05) is 31.2 Å². The molecule has 1 aliphatic heterocycles. The highest BCUT2D eigenvalue weighted by Gasteiger charge is 2.30. The summed E-state index contributed by atoms with van der Waals surface area (Å²) in [6.45, 7) is 3.22. The van der Waals surface area contributed by atoms with Crippen LogP contribution in [0, 0.1) is 6.92 Å². The van der Waals surface area contributed by atoms with E-state index in [0.29, 0.717) is 40.4 Å². The van der Waals surface area contributed by atoms with E-state index in [2.05, 4.69) is 10.1 Å². The van der Waals surface area contributed by atoms with Crippen LogP contribution < -0.4 is 0 Å². The molecule has 2 heterocycles. The molecule has 0 unspecified atom stereocenters. The van der Waals surface area contributed by atoms with E-state index in [0.717, 1.165) is 24.0 Å². The molecule has 0 bridgehead atoms. The van der Waals surface area contributed by atoms with Crippen LogP contribution >= 0.6 is 23.2 Å². The number of likely N-dealkylation sites (tertiary alicyclic amines) is 1. The molecule has 1 aromatic heterocycles. The maximum absolute atomic E-state index is 12.9. The average Bonchev–Trinajstić information content (AvgIpc) is 3.18. The Morgan fingerprint density at radius 2 is 2.07 bits per heavy atom. The van der Waals surface area contributed by atoms with Crippen LogP contribution in [0.1, 0.15) is 40.6 Å². The Labute approximate surface area is 173 Å². The molecule has 4 rings (SSSR count). The summed E-state index contributed by atoms with van der Waals surface area (Å²) in [6, 6.07) is 12.9. The van der Waals surface area contributed by atoms with Crippen LogP contribution in [0.15, 0.2) is 47.0 Å². The van der Waals surface area contributed by atoms with Gasteiger partial charge in [-0.05, 0) is 44.0 Å². The Balaban J connectivity index is 1.52. The largest absolute Gasteiger partial charge is 0.339 e. The number of nitrogens with zero attached hydrogens (tertiary/aromatic N) is 3. The van der Waals surface area contributed by atoms with Gasteiger partial charge in [0.15, 0.2) is 0 Å². The van der Waals surface area contributed by atoms with E-state index in [9.17, 15) is 4.79 Å². The van der Waals surface area contributed by atoms with E-state index in [4.69, 9.17) is 27.7 Å². The first-order valence-electron chi connectivity index (χ1n) is 9.16. The Kier molecular flexibility index (Phi) is 5.38. The number of carbonyl (C=O) groups excluding carboxylic acids is 1. The lowest BCUT2D eigenvalue weighted by molar-refractivity contribution is 0.0696. The third-order valence-corrected chi connectivity index (χ3v) is 5.49. The van der Waals surface area contributed by atoms with Crippen molar-refractivity contribution in [1.82, 2.24) is 15.0 Å². The van der Waals surface area contributed by atoms with Crippen LogP contribution in [-0.4, -0.2) is 34.0 Å². The minimum atomic E-state index is -0.107. The second-order valence-electron chi connectivity index (χ2n) is 7.04. The lowest BCUT2D eigenvalue weighted by atomic mass is 9.97. The third kappa shape index (κ3) is 3.91. The lowest BCUT2D eigenvalue weighted by Gasteiger charge is -2.31. The van der Waals surface area contributed by atoms with Crippen molar-refractivity contribution in [2.45, 2.75) is 25.7 Å². The van der Waals surface area contributed by atoms with E-state index in [1.165, 1.54) is 0 Å². The van der Waals surface area contributed by atoms with Crippen molar-refractivity contribution in [2.75, 3.05) is 13.1 Å². The fourth-order valence-corrected chi connectivity index (χ4v) is 3.99. The maximum atomic E-state index is 12.9. The molecule has 1 fully saturated rings. The number of halogens is 2. The van der Waals surface area contributed by atoms with Crippen LogP contribution in [0.2, 0.25) is 10.0 Å². The van der Waals surface area contributed by atoms with Crippen molar-refractivity contribution in [3.05, 3.63) is 69.5 Å². The molecule has 144 valence electrons. The number of rotatable bonds is 3. The van der Waals surface area contributed by atoms with Gasteiger partial charge in [0.05, 0.1) is 16.5 Å². The van der Waals surface area contributed by atoms with Crippen LogP contribution in [0.25, 0.3) is 11.4 Å². The first-order chi connectivity index (χ1) is 13.5. The molecular formula is C21H19Cl2N3O2. The molecule has 3 aromatic rings. The van der Waals surface area contributed by atoms with Gasteiger partial charge in [-0.1, -0.05) is 52.1 Å². The van der Waals surface area contributed by atoms with Gasteiger partial charge < -0.3 is 9.42 Å². The lowest BCUT2D eigenvalue weighted by Crippen LogP contribution is -2.39. The third-order valence-electron chi connectivity index (χ3n) is 4.94. The number of hydrogen-bond donors (Lipinski definition) is 0. The quantitative estimate of drug-likeness (QED) is 0.576. The summed E-state index contributed by atoms with van der Waals surface area (Å²) in [7, 11) is 0. The molecule has 0 radical (unpaired) electrons. The van der Waals surface area contributed by atoms with E-state index >= 15 is 0 Å². The topological polar surface area (TPSA) is 59.2 Å². The Morgan fingerprint density at radius 3 is 2.86 bits per heavy atom. The second kappa shape index (κ2) is 7.94. The van der Waals surface area contributed by atoms with E-state index in [1.54, 1.807) is 23.1 Å². The normalized spacial score (nSPS) is 17.0. The number of benzene rings is 2. The summed E-state index contributed by atoms with van der Waals surface area (Å²) in [4.78, 5) is 19.3. The van der Waals surface area contributed by atoms with Gasteiger partial charge in [-0.25, -0.2) is 0 Å². The minimum Gasteiger partial charge on any atom is -0.339 e. The van der Waals surface area contributed by atoms with Crippen LogP contribution in [0.4, 0.5) is 0 Å². The molecule has 1 atom stereocenters. The fraction of sp³-hybridized carbons (Fsp3) is 0.286. The molecule has 7 heteroatoms. The Hall–Kier alpha value is -2.37. The highest BCUT2D eigenvalue weighted by molar-refractivity contribution is 6.36. The van der Waals surface area contributed by atoms with Crippen molar-refractivity contribution in [2.24, 2.45) is 0 Å². The number of aryl methyl sites for hydroxylation is 1. The molecule has 2 aromatic carbocycles. The van der Waals surface area contributed by atoms with Crippen molar-refractivity contribution in [3.63, 3.8) is 0 Å². The highest BCUT2D eigenvalue weighted by Crippen LogP contribution is 2.30. The van der Waals surface area contributed by atoms with Crippen molar-refractivity contribution >= 4 is 29.1 Å². The van der Waals surface area contributed by atoms with Crippen LogP contribution in [0.3, 0.4) is 0 Å². The zero-order chi connectivity index (χ0) is 19.7. The predicted molar refractivity (Wildman–Crippen MR) is 109 cm³/mol. The number of hydrogen-bond acceptors (Lipinski definition) is 4. The van der Waals surface area contributed by atoms with Crippen LogP contribution in [-0.2, 0) is 0 Å². The standard InChI is InChI=1S/C21H19Cl2N3O2/c1-13-4-2-5-14(10-13)19-24-20(28-25-19)15-6-3-9-26(12-15)21(27)17-8-7-16(22)11-18(17)23/h2,4-5,7-8,10-11,15H,3,6,9,12H2,1H3/t15-/m1/s1. The van der Waals surface area contributed by atoms with Gasteiger partial charge in [-0.15, -0.1) is 0 Å². The van der Waals surface area contributed by atoms with Gasteiger partial charge in [0, 0.05) is 23.7 Å². The van der Waals surface area contributed by atoms with E-state index < -0.39 is 0 Å². The molecule has 1 saturated heterocycles. The van der Waals surface area contributed by atoms with Gasteiger partial charge in [-0.2, -0.15) is 4.98 Å². The summed E-state index contributed by atoms with van der Waals surface area (Å²) in [6.07, 6.45) is 1.76. The molecular weight excluding hydrogens is 397 g/mol. The zero-order valence-electron chi connectivity index (χ0n) is 15.4. The highest BCUT2D eigenvalue weighted by atomic mass is 35.5. The average molecular weight is 416 g/mol. The summed E-state index contributed by atoms with van der Waals surface area (Å²) >= 11 is 12.1. The number of amides is 1. The first-order valence-corrected chi connectivity index (χ1v) is 9.92. The first kappa shape index (κ1) is 19.0. The van der Waals surface area contributed by atoms with Gasteiger partial charge in [0.25, 0.3) is 5.91 Å². The summed E-state index contributed by atoms with van der Waals surface area (Å²) < 4.78 is 5.53. The molecule has 0 saturated carbocycles. The SMILES string of the molecule is Cc1cccc(-c2noc([C@@H]3CCCN(C(=O)c4ccc(Cl)cc4Cl)C3)n2)c1. The smallest absolute Gasteiger partial charge is 0.255 e. The van der Waals surface area contributed by atoms with Crippen molar-refractivity contribution < 1.29 is 9.32 Å². The summed E-state index contributed by atoms with van der Waals surface area (Å²) in [5.41, 5.74) is 2.52. The molecule has 0 spiro atoms. The van der Waals surface area contributed by atoms with E-state index in [-0.39, 0.29) is 11.8 Å². The molecule has 0 aliphatic carbocycles. The summed E-state index contributed by atoms with van der Waals surface area (Å²) in [5, 5.41) is 5.00. The van der Waals surface area contributed by atoms with Gasteiger partial charge in [0.1, 0.15) is 0 Å². The summed E-state index contributed by atoms with van der Waals surface area (Å²) in [5.74, 6) is 1.04. The van der Waals surface area contributed by atoms with Crippen molar-refractivity contribution in [3.8, 4) is 11.4 Å².